The Morgan fingerprint density at radius 1 is 1.37 bits per heavy atom. The average molecular weight is 442 g/mol. The lowest BCUT2D eigenvalue weighted by Crippen LogP contribution is -2.38. The van der Waals surface area contributed by atoms with Crippen molar-refractivity contribution in [3.63, 3.8) is 0 Å². The molecule has 2 aliphatic heterocycles. The minimum absolute atomic E-state index is 0. The first kappa shape index (κ1) is 20.9. The number of hydrogen-bond donors (Lipinski definition) is 2. The van der Waals surface area contributed by atoms with E-state index in [1.165, 1.54) is 10.8 Å². The van der Waals surface area contributed by atoms with E-state index in [-0.39, 0.29) is 46.5 Å². The molecule has 1 aromatic carbocycles. The van der Waals surface area contributed by atoms with Crippen LogP contribution in [0.5, 0.6) is 5.75 Å². The van der Waals surface area contributed by atoms with Crippen LogP contribution >= 0.6 is 12.4 Å². The van der Waals surface area contributed by atoms with Gasteiger partial charge >= 0.3 is 6.16 Å². The highest BCUT2D eigenvalue weighted by Crippen LogP contribution is 2.45. The van der Waals surface area contributed by atoms with Gasteiger partial charge in [-0.25, -0.2) is 13.6 Å². The van der Waals surface area contributed by atoms with E-state index in [1.807, 2.05) is 0 Å². The molecule has 10 heteroatoms. The van der Waals surface area contributed by atoms with Crippen molar-refractivity contribution in [2.75, 3.05) is 24.5 Å². The number of aromatic nitrogens is 1. The average Bonchev–Trinajstić information content (AvgIpc) is 3.35. The maximum Gasteiger partial charge on any atom is 0.511 e. The summed E-state index contributed by atoms with van der Waals surface area (Å²) in [5.74, 6) is -2.04. The number of hydrogen-bond acceptors (Lipinski definition) is 5. The van der Waals surface area contributed by atoms with Crippen LogP contribution in [0.15, 0.2) is 17.1 Å². The molecule has 2 N–H and O–H groups in total. The largest absolute Gasteiger partial charge is 0.511 e. The highest BCUT2D eigenvalue weighted by Gasteiger charge is 2.48. The summed E-state index contributed by atoms with van der Waals surface area (Å²) >= 11 is 0. The number of rotatable bonds is 3. The molecule has 1 aliphatic carbocycles. The van der Waals surface area contributed by atoms with Crippen molar-refractivity contribution in [3.8, 4) is 5.75 Å². The summed E-state index contributed by atoms with van der Waals surface area (Å²) in [6.45, 7) is 4.10. The number of carboxylic acid groups (broad SMARTS) is 1. The third-order valence-corrected chi connectivity index (χ3v) is 6.55. The molecule has 30 heavy (non-hydrogen) atoms. The van der Waals surface area contributed by atoms with E-state index >= 15 is 8.78 Å². The molecular formula is C20H22ClF2N3O4. The van der Waals surface area contributed by atoms with E-state index in [9.17, 15) is 9.59 Å². The number of fused-ring (bicyclic) bond motifs is 2. The number of nitrogens with one attached hydrogen (secondary N) is 1. The summed E-state index contributed by atoms with van der Waals surface area (Å²) in [5, 5.41) is 12.0. The third kappa shape index (κ3) is 3.02. The maximum atomic E-state index is 15.8. The lowest BCUT2D eigenvalue weighted by molar-refractivity contribution is 0.143. The van der Waals surface area contributed by atoms with Gasteiger partial charge in [0.05, 0.1) is 17.1 Å². The fraction of sp³-hybridized carbons (Fsp3) is 0.500. The van der Waals surface area contributed by atoms with Crippen LogP contribution in [0.3, 0.4) is 0 Å². The number of halogens is 3. The molecule has 3 fully saturated rings. The van der Waals surface area contributed by atoms with Crippen LogP contribution in [-0.2, 0) is 0 Å². The van der Waals surface area contributed by atoms with Gasteiger partial charge in [-0.15, -0.1) is 12.4 Å². The summed E-state index contributed by atoms with van der Waals surface area (Å²) in [6.07, 6.45) is 1.94. The van der Waals surface area contributed by atoms with Crippen LogP contribution in [-0.4, -0.2) is 41.5 Å². The summed E-state index contributed by atoms with van der Waals surface area (Å²) in [7, 11) is 0. The van der Waals surface area contributed by atoms with E-state index in [2.05, 4.69) is 17.0 Å². The molecular weight excluding hydrogens is 420 g/mol. The van der Waals surface area contributed by atoms with E-state index in [4.69, 9.17) is 5.11 Å². The minimum atomic E-state index is -1.65. The second-order valence-corrected chi connectivity index (χ2v) is 8.49. The Morgan fingerprint density at radius 2 is 2.10 bits per heavy atom. The van der Waals surface area contributed by atoms with Gasteiger partial charge in [0.1, 0.15) is 11.5 Å². The van der Waals surface area contributed by atoms with Crippen molar-refractivity contribution >= 4 is 35.2 Å². The molecule has 0 amide bonds. The van der Waals surface area contributed by atoms with Gasteiger partial charge in [-0.1, -0.05) is 6.92 Å². The predicted octanol–water partition coefficient (Wildman–Crippen LogP) is 3.28. The number of nitrogens with zero attached hydrogens (tertiary/aromatic N) is 2. The predicted molar refractivity (Wildman–Crippen MR) is 109 cm³/mol. The van der Waals surface area contributed by atoms with Crippen molar-refractivity contribution in [1.82, 2.24) is 9.88 Å². The van der Waals surface area contributed by atoms with E-state index < -0.39 is 29.0 Å². The lowest BCUT2D eigenvalue weighted by Gasteiger charge is -2.30. The third-order valence-electron chi connectivity index (χ3n) is 6.55. The fourth-order valence-corrected chi connectivity index (χ4v) is 4.88. The molecule has 2 aromatic rings. The molecule has 0 spiro atoms. The SMILES string of the molecule is CC12CCN(c3c(F)cc4c(=O)c(OC(=O)O)cn(C5CC5)c4c3F)C1CNC2.Cl. The summed E-state index contributed by atoms with van der Waals surface area (Å²) in [4.78, 5) is 25.4. The number of pyridine rings is 1. The van der Waals surface area contributed by atoms with Gasteiger partial charge in [0, 0.05) is 37.1 Å². The second kappa shape index (κ2) is 7.09. The van der Waals surface area contributed by atoms with Gasteiger partial charge in [-0.05, 0) is 25.3 Å². The quantitative estimate of drug-likeness (QED) is 0.711. The first-order valence-corrected chi connectivity index (χ1v) is 9.75. The van der Waals surface area contributed by atoms with Crippen LogP contribution in [0.4, 0.5) is 19.3 Å². The highest BCUT2D eigenvalue weighted by molar-refractivity contribution is 5.86. The Kier molecular flexibility index (Phi) is 4.93. The summed E-state index contributed by atoms with van der Waals surface area (Å²) in [6, 6.07) is 0.917. The maximum absolute atomic E-state index is 15.8. The molecule has 162 valence electrons. The standard InChI is InChI=1S/C20H21F2N3O4.ClH/c1-20-4-5-24(14(20)7-23-9-20)17-12(21)6-11-16(15(17)22)25(10-2-3-10)8-13(18(11)26)29-19(27)28;/h6,8,10,14,23H,2-5,7,9H2,1H3,(H,27,28);1H. The van der Waals surface area contributed by atoms with Crippen LogP contribution < -0.4 is 20.4 Å². The van der Waals surface area contributed by atoms with Gasteiger partial charge < -0.3 is 24.6 Å². The zero-order valence-corrected chi connectivity index (χ0v) is 17.1. The van der Waals surface area contributed by atoms with Gasteiger partial charge in [0.2, 0.25) is 5.43 Å². The van der Waals surface area contributed by atoms with Crippen molar-refractivity contribution in [2.45, 2.75) is 38.3 Å². The van der Waals surface area contributed by atoms with E-state index in [0.717, 1.165) is 31.9 Å². The molecule has 0 bridgehead atoms. The van der Waals surface area contributed by atoms with Crippen LogP contribution in [0.2, 0.25) is 0 Å². The van der Waals surface area contributed by atoms with Crippen molar-refractivity contribution in [3.05, 3.63) is 34.1 Å². The van der Waals surface area contributed by atoms with Gasteiger partial charge in [-0.2, -0.15) is 0 Å². The molecule has 3 heterocycles. The zero-order chi connectivity index (χ0) is 20.5. The molecule has 7 nitrogen and oxygen atoms in total. The van der Waals surface area contributed by atoms with Crippen molar-refractivity contribution in [1.29, 1.82) is 0 Å². The monoisotopic (exact) mass is 441 g/mol. The molecule has 0 radical (unpaired) electrons. The molecule has 1 aromatic heterocycles. The lowest BCUT2D eigenvalue weighted by atomic mass is 9.85. The van der Waals surface area contributed by atoms with Gasteiger partial charge in [0.25, 0.3) is 0 Å². The smallest absolute Gasteiger partial charge is 0.449 e. The molecule has 2 saturated heterocycles. The number of benzene rings is 1. The first-order chi connectivity index (χ1) is 13.8. The van der Waals surface area contributed by atoms with Crippen LogP contribution in [0, 0.1) is 17.0 Å². The molecule has 5 rings (SSSR count). The Labute approximate surface area is 177 Å². The molecule has 1 saturated carbocycles. The zero-order valence-electron chi connectivity index (χ0n) is 16.3. The minimum Gasteiger partial charge on any atom is -0.449 e. The number of carbonyl (C=O) groups is 1. The molecule has 2 unspecified atom stereocenters. The highest BCUT2D eigenvalue weighted by atomic mass is 35.5. The van der Waals surface area contributed by atoms with Crippen molar-refractivity contribution in [2.24, 2.45) is 5.41 Å². The van der Waals surface area contributed by atoms with Crippen molar-refractivity contribution < 1.29 is 23.4 Å². The molecule has 3 aliphatic rings. The van der Waals surface area contributed by atoms with Crippen LogP contribution in [0.1, 0.15) is 32.2 Å². The summed E-state index contributed by atoms with van der Waals surface area (Å²) in [5.41, 5.74) is -0.998. The normalized spacial score (nSPS) is 25.3. The Balaban J connectivity index is 0.00000218. The topological polar surface area (TPSA) is 83.8 Å². The number of anilines is 1. The van der Waals surface area contributed by atoms with E-state index in [0.29, 0.717) is 13.1 Å². The van der Waals surface area contributed by atoms with Crippen LogP contribution in [0.25, 0.3) is 10.9 Å². The first-order valence-electron chi connectivity index (χ1n) is 9.75. The van der Waals surface area contributed by atoms with Gasteiger partial charge in [0.15, 0.2) is 11.6 Å². The Bertz CT molecular complexity index is 1100. The van der Waals surface area contributed by atoms with E-state index in [1.54, 1.807) is 4.90 Å². The Hall–Kier alpha value is -2.39. The Morgan fingerprint density at radius 3 is 2.77 bits per heavy atom. The second-order valence-electron chi connectivity index (χ2n) is 8.49. The summed E-state index contributed by atoms with van der Waals surface area (Å²) < 4.78 is 37.0. The van der Waals surface area contributed by atoms with Gasteiger partial charge in [-0.3, -0.25) is 4.79 Å². The fourth-order valence-electron chi connectivity index (χ4n) is 4.88. The number of ether oxygens (including phenoxy) is 1. The molecule has 2 atom stereocenters.